The van der Waals surface area contributed by atoms with Gasteiger partial charge in [0.1, 0.15) is 10.7 Å². The van der Waals surface area contributed by atoms with Crippen LogP contribution in [0.4, 0.5) is 0 Å². The lowest BCUT2D eigenvalue weighted by atomic mass is 10.1. The molecule has 3 N–H and O–H groups in total. The average Bonchev–Trinajstić information content (AvgIpc) is 2.68. The summed E-state index contributed by atoms with van der Waals surface area (Å²) < 4.78 is 0. The molecule has 0 spiro atoms. The van der Waals surface area contributed by atoms with Crippen LogP contribution in [0.5, 0.6) is 11.5 Å². The molecule has 0 saturated carbocycles. The fourth-order valence-corrected chi connectivity index (χ4v) is 3.13. The molecule has 0 radical (unpaired) electrons. The molecule has 0 bridgehead atoms. The molecule has 0 amide bonds. The topological polar surface area (TPSA) is 86.2 Å². The van der Waals surface area contributed by atoms with E-state index in [9.17, 15) is 15.0 Å². The first kappa shape index (κ1) is 12.7. The lowest BCUT2D eigenvalue weighted by Crippen LogP contribution is -2.09. The lowest BCUT2D eigenvalue weighted by Gasteiger charge is -2.05. The molecule has 0 aliphatic rings. The fraction of sp³-hybridized carbons (Fsp3) is 0.143. The molecule has 6 heteroatoms. The van der Waals surface area contributed by atoms with Gasteiger partial charge in [0.25, 0.3) is 5.56 Å². The van der Waals surface area contributed by atoms with E-state index in [-0.39, 0.29) is 22.9 Å². The van der Waals surface area contributed by atoms with E-state index in [2.05, 4.69) is 9.97 Å². The number of aromatic hydroxyl groups is 2. The van der Waals surface area contributed by atoms with Crippen molar-refractivity contribution in [3.8, 4) is 22.9 Å². The third kappa shape index (κ3) is 1.77. The molecular weight excluding hydrogens is 276 g/mol. The first-order chi connectivity index (χ1) is 9.49. The predicted octanol–water partition coefficient (Wildman–Crippen LogP) is 2.68. The normalized spacial score (nSPS) is 11.1. The van der Waals surface area contributed by atoms with Gasteiger partial charge in [-0.25, -0.2) is 4.98 Å². The van der Waals surface area contributed by atoms with E-state index in [4.69, 9.17) is 0 Å². The number of aromatic amines is 1. The van der Waals surface area contributed by atoms with Crippen LogP contribution >= 0.6 is 11.3 Å². The summed E-state index contributed by atoms with van der Waals surface area (Å²) in [5.41, 5.74) is 0.979. The monoisotopic (exact) mass is 288 g/mol. The van der Waals surface area contributed by atoms with Crippen LogP contribution in [0.1, 0.15) is 10.4 Å². The molecule has 0 fully saturated rings. The van der Waals surface area contributed by atoms with E-state index in [1.807, 2.05) is 13.8 Å². The van der Waals surface area contributed by atoms with Crippen molar-refractivity contribution in [3.05, 3.63) is 39.0 Å². The Morgan fingerprint density at radius 2 is 2.00 bits per heavy atom. The van der Waals surface area contributed by atoms with Gasteiger partial charge in [-0.05, 0) is 31.5 Å². The lowest BCUT2D eigenvalue weighted by molar-refractivity contribution is 0.405. The molecule has 0 aliphatic carbocycles. The van der Waals surface area contributed by atoms with Crippen molar-refractivity contribution in [1.82, 2.24) is 9.97 Å². The number of nitrogens with one attached hydrogen (secondary N) is 1. The Hall–Kier alpha value is -2.34. The maximum Gasteiger partial charge on any atom is 0.260 e. The number of hydrogen-bond acceptors (Lipinski definition) is 5. The molecule has 20 heavy (non-hydrogen) atoms. The second-order valence-electron chi connectivity index (χ2n) is 4.55. The molecule has 0 saturated heterocycles. The Kier molecular flexibility index (Phi) is 2.76. The largest absolute Gasteiger partial charge is 0.504 e. The zero-order valence-electron chi connectivity index (χ0n) is 10.9. The summed E-state index contributed by atoms with van der Waals surface area (Å²) in [6, 6.07) is 4.54. The summed E-state index contributed by atoms with van der Waals surface area (Å²) >= 11 is 1.44. The molecule has 1 aromatic carbocycles. The molecule has 0 aliphatic heterocycles. The van der Waals surface area contributed by atoms with E-state index in [1.165, 1.54) is 17.4 Å². The number of rotatable bonds is 1. The zero-order chi connectivity index (χ0) is 14.4. The predicted molar refractivity (Wildman–Crippen MR) is 78.5 cm³/mol. The first-order valence-corrected chi connectivity index (χ1v) is 6.82. The Bertz CT molecular complexity index is 880. The van der Waals surface area contributed by atoms with Gasteiger partial charge in [0, 0.05) is 4.88 Å². The van der Waals surface area contributed by atoms with E-state index in [0.717, 1.165) is 10.4 Å². The Labute approximate surface area is 118 Å². The highest BCUT2D eigenvalue weighted by molar-refractivity contribution is 7.18. The molecular formula is C14H12N2O3S. The van der Waals surface area contributed by atoms with Gasteiger partial charge >= 0.3 is 0 Å². The quantitative estimate of drug-likeness (QED) is 0.601. The van der Waals surface area contributed by atoms with Crippen molar-refractivity contribution in [2.45, 2.75) is 13.8 Å². The second-order valence-corrected chi connectivity index (χ2v) is 5.75. The summed E-state index contributed by atoms with van der Waals surface area (Å²) in [6.45, 7) is 3.82. The number of para-hydroxylation sites is 1. The van der Waals surface area contributed by atoms with E-state index in [0.29, 0.717) is 15.8 Å². The highest BCUT2D eigenvalue weighted by atomic mass is 32.1. The third-order valence-corrected chi connectivity index (χ3v) is 4.41. The average molecular weight is 288 g/mol. The number of phenols is 2. The summed E-state index contributed by atoms with van der Waals surface area (Å²) in [5, 5.41) is 20.0. The van der Waals surface area contributed by atoms with Crippen molar-refractivity contribution < 1.29 is 10.2 Å². The maximum absolute atomic E-state index is 12.2. The van der Waals surface area contributed by atoms with Crippen LogP contribution < -0.4 is 5.56 Å². The summed E-state index contributed by atoms with van der Waals surface area (Å²) in [4.78, 5) is 20.9. The van der Waals surface area contributed by atoms with Crippen molar-refractivity contribution in [2.75, 3.05) is 0 Å². The minimum atomic E-state index is -0.292. The van der Waals surface area contributed by atoms with Crippen LogP contribution in [-0.4, -0.2) is 20.2 Å². The Balaban J connectivity index is 2.34. The zero-order valence-corrected chi connectivity index (χ0v) is 11.7. The molecule has 3 aromatic rings. The molecule has 3 rings (SSSR count). The number of benzene rings is 1. The first-order valence-electron chi connectivity index (χ1n) is 6.00. The molecule has 0 atom stereocenters. The standard InChI is InChI=1S/C14H12N2O3S/c1-6-7(2)20-14-10(6)13(19)15-12(16-14)8-4-3-5-9(17)11(8)18/h3-5,17-18H,1-2H3,(H,15,16,19). The van der Waals surface area contributed by atoms with Gasteiger partial charge in [0.05, 0.1) is 10.9 Å². The number of phenolic OH excluding ortho intramolecular Hbond substituents is 2. The number of hydrogen-bond donors (Lipinski definition) is 3. The second kappa shape index (κ2) is 4.35. The molecule has 0 unspecified atom stereocenters. The smallest absolute Gasteiger partial charge is 0.260 e. The summed E-state index contributed by atoms with van der Waals surface area (Å²) in [6.07, 6.45) is 0. The number of aromatic nitrogens is 2. The van der Waals surface area contributed by atoms with Crippen LogP contribution in [0.3, 0.4) is 0 Å². The molecule has 2 heterocycles. The molecule has 5 nitrogen and oxygen atoms in total. The molecule has 102 valence electrons. The van der Waals surface area contributed by atoms with Crippen molar-refractivity contribution in [2.24, 2.45) is 0 Å². The summed E-state index contributed by atoms with van der Waals surface area (Å²) in [7, 11) is 0. The van der Waals surface area contributed by atoms with Gasteiger partial charge in [0.15, 0.2) is 11.5 Å². The molecule has 2 aromatic heterocycles. The van der Waals surface area contributed by atoms with Crippen molar-refractivity contribution >= 4 is 21.6 Å². The third-order valence-electron chi connectivity index (χ3n) is 3.31. The van der Waals surface area contributed by atoms with Gasteiger partial charge in [0.2, 0.25) is 0 Å². The van der Waals surface area contributed by atoms with E-state index >= 15 is 0 Å². The van der Waals surface area contributed by atoms with Gasteiger partial charge in [-0.15, -0.1) is 11.3 Å². The maximum atomic E-state index is 12.2. The van der Waals surface area contributed by atoms with Crippen LogP contribution in [0.15, 0.2) is 23.0 Å². The summed E-state index contributed by atoms with van der Waals surface area (Å²) in [5.74, 6) is -0.291. The van der Waals surface area contributed by atoms with Crippen LogP contribution in [0.2, 0.25) is 0 Å². The van der Waals surface area contributed by atoms with Crippen LogP contribution in [0.25, 0.3) is 21.6 Å². The number of thiophene rings is 1. The highest BCUT2D eigenvalue weighted by Gasteiger charge is 2.15. The van der Waals surface area contributed by atoms with Crippen LogP contribution in [-0.2, 0) is 0 Å². The number of fused-ring (bicyclic) bond motifs is 1. The SMILES string of the molecule is Cc1sc2nc(-c3cccc(O)c3O)[nH]c(=O)c2c1C. The van der Waals surface area contributed by atoms with Crippen molar-refractivity contribution in [1.29, 1.82) is 0 Å². The fourth-order valence-electron chi connectivity index (χ4n) is 2.10. The number of aryl methyl sites for hydroxylation is 2. The van der Waals surface area contributed by atoms with E-state index < -0.39 is 0 Å². The minimum Gasteiger partial charge on any atom is -0.504 e. The van der Waals surface area contributed by atoms with Gasteiger partial charge in [-0.3, -0.25) is 4.79 Å². The van der Waals surface area contributed by atoms with Crippen LogP contribution in [0, 0.1) is 13.8 Å². The van der Waals surface area contributed by atoms with Gasteiger partial charge in [-0.1, -0.05) is 6.07 Å². The Morgan fingerprint density at radius 3 is 2.75 bits per heavy atom. The van der Waals surface area contributed by atoms with Gasteiger partial charge < -0.3 is 15.2 Å². The number of H-pyrrole nitrogens is 1. The minimum absolute atomic E-state index is 0.241. The van der Waals surface area contributed by atoms with E-state index in [1.54, 1.807) is 12.1 Å². The van der Waals surface area contributed by atoms with Crippen molar-refractivity contribution in [3.63, 3.8) is 0 Å². The highest BCUT2D eigenvalue weighted by Crippen LogP contribution is 2.35. The van der Waals surface area contributed by atoms with Gasteiger partial charge in [-0.2, -0.15) is 0 Å². The Morgan fingerprint density at radius 1 is 1.25 bits per heavy atom. The number of nitrogens with zero attached hydrogens (tertiary/aromatic N) is 1.